The number of hydrogen-bond donors (Lipinski definition) is 1. The van der Waals surface area contributed by atoms with Gasteiger partial charge in [0.25, 0.3) is 5.91 Å². The number of hydrogen-bond acceptors (Lipinski definition) is 4. The van der Waals surface area contributed by atoms with E-state index in [1.807, 2.05) is 23.3 Å². The SMILES string of the molecule is COc1ccsc1C(=O)N1CCC(C(C)N)CC1. The highest BCUT2D eigenvalue weighted by Gasteiger charge is 2.27. The van der Waals surface area contributed by atoms with Crippen LogP contribution in [-0.4, -0.2) is 37.0 Å². The minimum absolute atomic E-state index is 0.0879. The van der Waals surface area contributed by atoms with E-state index < -0.39 is 0 Å². The van der Waals surface area contributed by atoms with Crippen molar-refractivity contribution < 1.29 is 9.53 Å². The Kier molecular flexibility index (Phi) is 4.24. The van der Waals surface area contributed by atoms with Gasteiger partial charge in [-0.15, -0.1) is 11.3 Å². The Morgan fingerprint density at radius 3 is 2.78 bits per heavy atom. The molecule has 1 aromatic rings. The number of carbonyl (C=O) groups excluding carboxylic acids is 1. The summed E-state index contributed by atoms with van der Waals surface area (Å²) in [6.45, 7) is 3.64. The van der Waals surface area contributed by atoms with Crippen molar-refractivity contribution in [1.82, 2.24) is 4.90 Å². The Morgan fingerprint density at radius 1 is 1.56 bits per heavy atom. The number of likely N-dealkylation sites (tertiary alicyclic amines) is 1. The first kappa shape index (κ1) is 13.4. The van der Waals surface area contributed by atoms with Gasteiger partial charge in [-0.3, -0.25) is 4.79 Å². The van der Waals surface area contributed by atoms with Crippen LogP contribution in [0.1, 0.15) is 29.4 Å². The molecule has 0 radical (unpaired) electrons. The normalized spacial score (nSPS) is 18.7. The summed E-state index contributed by atoms with van der Waals surface area (Å²) in [7, 11) is 1.60. The van der Waals surface area contributed by atoms with Gasteiger partial charge in [0.2, 0.25) is 0 Å². The Balaban J connectivity index is 2.00. The van der Waals surface area contributed by atoms with E-state index in [1.54, 1.807) is 7.11 Å². The van der Waals surface area contributed by atoms with E-state index in [2.05, 4.69) is 0 Å². The average Bonchev–Trinajstić information content (AvgIpc) is 2.86. The van der Waals surface area contributed by atoms with Crippen LogP contribution in [0.15, 0.2) is 11.4 Å². The molecule has 0 aliphatic carbocycles. The number of piperidine rings is 1. The van der Waals surface area contributed by atoms with Gasteiger partial charge in [0.1, 0.15) is 10.6 Å². The summed E-state index contributed by atoms with van der Waals surface area (Å²) < 4.78 is 5.20. The Morgan fingerprint density at radius 2 is 2.22 bits per heavy atom. The fourth-order valence-corrected chi connectivity index (χ4v) is 3.21. The summed E-state index contributed by atoms with van der Waals surface area (Å²) in [6.07, 6.45) is 1.99. The van der Waals surface area contributed by atoms with Crippen molar-refractivity contribution in [2.45, 2.75) is 25.8 Å². The molecule has 18 heavy (non-hydrogen) atoms. The molecule has 0 aromatic carbocycles. The van der Waals surface area contributed by atoms with Crippen LogP contribution in [0, 0.1) is 5.92 Å². The predicted molar refractivity (Wildman–Crippen MR) is 73.1 cm³/mol. The maximum atomic E-state index is 12.3. The van der Waals surface area contributed by atoms with Gasteiger partial charge in [0.15, 0.2) is 0 Å². The zero-order chi connectivity index (χ0) is 13.1. The molecule has 2 N–H and O–H groups in total. The molecule has 1 amide bonds. The summed E-state index contributed by atoms with van der Waals surface area (Å²) in [5, 5.41) is 1.89. The van der Waals surface area contributed by atoms with Crippen LogP contribution in [0.2, 0.25) is 0 Å². The molecule has 0 bridgehead atoms. The van der Waals surface area contributed by atoms with Gasteiger partial charge < -0.3 is 15.4 Å². The first-order valence-corrected chi connectivity index (χ1v) is 7.17. The molecular formula is C13H20N2O2S. The topological polar surface area (TPSA) is 55.6 Å². The Labute approximate surface area is 112 Å². The third kappa shape index (κ3) is 2.67. The quantitative estimate of drug-likeness (QED) is 0.911. The van der Waals surface area contributed by atoms with Crippen LogP contribution in [0.4, 0.5) is 0 Å². The molecule has 1 unspecified atom stereocenters. The summed E-state index contributed by atoms with van der Waals surface area (Å²) in [4.78, 5) is 15.0. The Bertz CT molecular complexity index is 409. The zero-order valence-corrected chi connectivity index (χ0v) is 11.7. The number of carbonyl (C=O) groups is 1. The van der Waals surface area contributed by atoms with E-state index in [-0.39, 0.29) is 11.9 Å². The average molecular weight is 268 g/mol. The van der Waals surface area contributed by atoms with Gasteiger partial charge in [-0.25, -0.2) is 0 Å². The summed E-state index contributed by atoms with van der Waals surface area (Å²) in [6, 6.07) is 2.06. The number of amides is 1. The molecule has 5 heteroatoms. The monoisotopic (exact) mass is 268 g/mol. The highest BCUT2D eigenvalue weighted by Crippen LogP contribution is 2.28. The maximum absolute atomic E-state index is 12.3. The second kappa shape index (κ2) is 5.71. The highest BCUT2D eigenvalue weighted by molar-refractivity contribution is 7.12. The second-order valence-corrected chi connectivity index (χ2v) is 5.72. The molecule has 4 nitrogen and oxygen atoms in total. The van der Waals surface area contributed by atoms with Crippen LogP contribution in [0.3, 0.4) is 0 Å². The van der Waals surface area contributed by atoms with Gasteiger partial charge in [-0.05, 0) is 37.1 Å². The van der Waals surface area contributed by atoms with E-state index in [0.717, 1.165) is 25.9 Å². The molecule has 1 atom stereocenters. The highest BCUT2D eigenvalue weighted by atomic mass is 32.1. The minimum atomic E-state index is 0.0879. The van der Waals surface area contributed by atoms with Crippen molar-refractivity contribution in [3.63, 3.8) is 0 Å². The molecule has 1 fully saturated rings. The molecular weight excluding hydrogens is 248 g/mol. The first-order valence-electron chi connectivity index (χ1n) is 6.29. The lowest BCUT2D eigenvalue weighted by molar-refractivity contribution is 0.0683. The summed E-state index contributed by atoms with van der Waals surface area (Å²) in [5.74, 6) is 1.31. The van der Waals surface area contributed by atoms with Gasteiger partial charge in [-0.2, -0.15) is 0 Å². The van der Waals surface area contributed by atoms with E-state index in [0.29, 0.717) is 16.5 Å². The van der Waals surface area contributed by atoms with Crippen LogP contribution >= 0.6 is 11.3 Å². The lowest BCUT2D eigenvalue weighted by Gasteiger charge is -2.33. The molecule has 100 valence electrons. The van der Waals surface area contributed by atoms with Crippen LogP contribution < -0.4 is 10.5 Å². The maximum Gasteiger partial charge on any atom is 0.267 e. The number of nitrogens with zero attached hydrogens (tertiary/aromatic N) is 1. The van der Waals surface area contributed by atoms with E-state index in [9.17, 15) is 4.79 Å². The summed E-state index contributed by atoms with van der Waals surface area (Å²) in [5.41, 5.74) is 5.91. The zero-order valence-electron chi connectivity index (χ0n) is 10.9. The van der Waals surface area contributed by atoms with E-state index in [4.69, 9.17) is 10.5 Å². The third-order valence-electron chi connectivity index (χ3n) is 3.61. The fourth-order valence-electron chi connectivity index (χ4n) is 2.39. The summed E-state index contributed by atoms with van der Waals surface area (Å²) >= 11 is 1.44. The number of rotatable bonds is 3. The molecule has 1 aliphatic heterocycles. The van der Waals surface area contributed by atoms with Crippen molar-refractivity contribution in [3.8, 4) is 5.75 Å². The van der Waals surface area contributed by atoms with Gasteiger partial charge >= 0.3 is 0 Å². The van der Waals surface area contributed by atoms with Crippen molar-refractivity contribution in [2.75, 3.05) is 20.2 Å². The van der Waals surface area contributed by atoms with Gasteiger partial charge in [0.05, 0.1) is 7.11 Å². The second-order valence-electron chi connectivity index (χ2n) is 4.81. The minimum Gasteiger partial charge on any atom is -0.495 e. The van der Waals surface area contributed by atoms with Crippen LogP contribution in [-0.2, 0) is 0 Å². The smallest absolute Gasteiger partial charge is 0.267 e. The lowest BCUT2D eigenvalue weighted by atomic mass is 9.91. The van der Waals surface area contributed by atoms with Crippen LogP contribution in [0.5, 0.6) is 5.75 Å². The standard InChI is InChI=1S/C13H20N2O2S/c1-9(14)10-3-6-15(7-4-10)13(16)12-11(17-2)5-8-18-12/h5,8-10H,3-4,6-7,14H2,1-2H3. The van der Waals surface area contributed by atoms with Gasteiger partial charge in [-0.1, -0.05) is 0 Å². The molecule has 1 aliphatic rings. The van der Waals surface area contributed by atoms with E-state index in [1.165, 1.54) is 11.3 Å². The van der Waals surface area contributed by atoms with Gasteiger partial charge in [0, 0.05) is 19.1 Å². The number of nitrogens with two attached hydrogens (primary N) is 1. The van der Waals surface area contributed by atoms with Crippen molar-refractivity contribution >= 4 is 17.2 Å². The largest absolute Gasteiger partial charge is 0.495 e. The predicted octanol–water partition coefficient (Wildman–Crippen LogP) is 1.96. The Hall–Kier alpha value is -1.07. The lowest BCUT2D eigenvalue weighted by Crippen LogP contribution is -2.42. The molecule has 0 spiro atoms. The number of thiophene rings is 1. The van der Waals surface area contributed by atoms with Crippen LogP contribution in [0.25, 0.3) is 0 Å². The van der Waals surface area contributed by atoms with Crippen molar-refractivity contribution in [3.05, 3.63) is 16.3 Å². The fraction of sp³-hybridized carbons (Fsp3) is 0.615. The third-order valence-corrected chi connectivity index (χ3v) is 4.50. The van der Waals surface area contributed by atoms with Crippen molar-refractivity contribution in [2.24, 2.45) is 11.7 Å². The van der Waals surface area contributed by atoms with E-state index >= 15 is 0 Å². The number of methoxy groups -OCH3 is 1. The molecule has 0 saturated carbocycles. The molecule has 1 aromatic heterocycles. The molecule has 2 heterocycles. The van der Waals surface area contributed by atoms with Crippen molar-refractivity contribution in [1.29, 1.82) is 0 Å². The number of ether oxygens (including phenoxy) is 1. The molecule has 2 rings (SSSR count). The first-order chi connectivity index (χ1) is 8.63. The molecule has 1 saturated heterocycles.